The van der Waals surface area contributed by atoms with Gasteiger partial charge < -0.3 is 9.47 Å². The zero-order chi connectivity index (χ0) is 24.6. The molecule has 0 spiro atoms. The normalized spacial score (nSPS) is 15.7. The van der Waals surface area contributed by atoms with Gasteiger partial charge in [0.2, 0.25) is 0 Å². The quantitative estimate of drug-likeness (QED) is 0.233. The summed E-state index contributed by atoms with van der Waals surface area (Å²) in [5, 5.41) is 5.90. The van der Waals surface area contributed by atoms with Crippen LogP contribution in [-0.2, 0) is 13.0 Å². The van der Waals surface area contributed by atoms with Gasteiger partial charge in [-0.05, 0) is 80.6 Å². The number of benzene rings is 5. The highest BCUT2D eigenvalue weighted by Crippen LogP contribution is 2.43. The van der Waals surface area contributed by atoms with Crippen LogP contribution < -0.4 is 9.47 Å². The van der Waals surface area contributed by atoms with Gasteiger partial charge in [0.25, 0.3) is 0 Å². The lowest BCUT2D eigenvalue weighted by Gasteiger charge is -2.38. The van der Waals surface area contributed by atoms with Gasteiger partial charge in [0.1, 0.15) is 0 Å². The van der Waals surface area contributed by atoms with Gasteiger partial charge in [-0.15, -0.1) is 0 Å². The number of methoxy groups -OCH3 is 2. The molecular formula is C32H28ClNO2. The van der Waals surface area contributed by atoms with E-state index in [4.69, 9.17) is 21.1 Å². The lowest BCUT2D eigenvalue weighted by atomic mass is 9.86. The average molecular weight is 494 g/mol. The van der Waals surface area contributed by atoms with Crippen molar-refractivity contribution in [2.24, 2.45) is 0 Å². The Morgan fingerprint density at radius 2 is 1.44 bits per heavy atom. The van der Waals surface area contributed by atoms with Crippen molar-refractivity contribution in [1.29, 1.82) is 0 Å². The van der Waals surface area contributed by atoms with E-state index in [1.165, 1.54) is 43.8 Å². The van der Waals surface area contributed by atoms with E-state index in [-0.39, 0.29) is 6.04 Å². The van der Waals surface area contributed by atoms with Crippen LogP contribution in [0.5, 0.6) is 11.5 Å². The van der Waals surface area contributed by atoms with Crippen LogP contribution in [0.2, 0.25) is 5.02 Å². The van der Waals surface area contributed by atoms with E-state index in [1.54, 1.807) is 14.2 Å². The third-order valence-corrected chi connectivity index (χ3v) is 7.62. The summed E-state index contributed by atoms with van der Waals surface area (Å²) < 4.78 is 11.3. The van der Waals surface area contributed by atoms with Gasteiger partial charge in [-0.1, -0.05) is 72.3 Å². The van der Waals surface area contributed by atoms with Gasteiger partial charge in [0, 0.05) is 18.1 Å². The van der Waals surface area contributed by atoms with Gasteiger partial charge in [-0.2, -0.15) is 0 Å². The van der Waals surface area contributed by atoms with Gasteiger partial charge in [0.15, 0.2) is 11.5 Å². The summed E-state index contributed by atoms with van der Waals surface area (Å²) >= 11 is 6.50. The maximum absolute atomic E-state index is 6.50. The molecule has 1 aliphatic heterocycles. The van der Waals surface area contributed by atoms with Crippen LogP contribution in [0.3, 0.4) is 0 Å². The Morgan fingerprint density at radius 3 is 2.11 bits per heavy atom. The van der Waals surface area contributed by atoms with Crippen molar-refractivity contribution in [3.63, 3.8) is 0 Å². The van der Waals surface area contributed by atoms with Crippen LogP contribution in [0.4, 0.5) is 0 Å². The minimum atomic E-state index is 0.0463. The number of ether oxygens (including phenoxy) is 2. The van der Waals surface area contributed by atoms with E-state index in [0.717, 1.165) is 36.0 Å². The molecule has 0 aliphatic carbocycles. The third kappa shape index (κ3) is 3.99. The molecule has 0 bridgehead atoms. The Balaban J connectivity index is 1.53. The molecule has 0 N–H and O–H groups in total. The van der Waals surface area contributed by atoms with Crippen LogP contribution in [-0.4, -0.2) is 25.7 Å². The topological polar surface area (TPSA) is 21.7 Å². The number of hydrogen-bond acceptors (Lipinski definition) is 3. The lowest BCUT2D eigenvalue weighted by molar-refractivity contribution is 0.205. The Kier molecular flexibility index (Phi) is 6.04. The zero-order valence-electron chi connectivity index (χ0n) is 20.5. The number of halogens is 1. The molecule has 5 aromatic carbocycles. The summed E-state index contributed by atoms with van der Waals surface area (Å²) in [6, 6.07) is 32.3. The van der Waals surface area contributed by atoms with Crippen molar-refractivity contribution in [1.82, 2.24) is 4.90 Å². The average Bonchev–Trinajstić information content (AvgIpc) is 2.91. The van der Waals surface area contributed by atoms with Crippen LogP contribution in [0.15, 0.2) is 91.0 Å². The predicted octanol–water partition coefficient (Wildman–Crippen LogP) is 7.81. The molecule has 0 aromatic heterocycles. The van der Waals surface area contributed by atoms with E-state index in [0.29, 0.717) is 0 Å². The molecule has 1 heterocycles. The Labute approximate surface area is 216 Å². The SMILES string of the molecule is COc1cc2c(cc1OC)C(c1cccc(Cl)c1)N(Cc1c3ccccc3cc3ccccc13)CC2. The zero-order valence-corrected chi connectivity index (χ0v) is 21.3. The molecule has 4 heteroatoms. The minimum absolute atomic E-state index is 0.0463. The van der Waals surface area contributed by atoms with Crippen LogP contribution in [0.25, 0.3) is 21.5 Å². The predicted molar refractivity (Wildman–Crippen MR) is 148 cm³/mol. The fraction of sp³-hybridized carbons (Fsp3) is 0.188. The van der Waals surface area contributed by atoms with Crippen molar-refractivity contribution in [2.75, 3.05) is 20.8 Å². The molecule has 0 radical (unpaired) electrons. The first-order chi connectivity index (χ1) is 17.7. The van der Waals surface area contributed by atoms with E-state index in [2.05, 4.69) is 83.8 Å². The fourth-order valence-electron chi connectivity index (χ4n) is 5.72. The van der Waals surface area contributed by atoms with E-state index in [9.17, 15) is 0 Å². The fourth-order valence-corrected chi connectivity index (χ4v) is 5.92. The molecule has 6 rings (SSSR count). The van der Waals surface area contributed by atoms with Crippen molar-refractivity contribution in [2.45, 2.75) is 19.0 Å². The molecule has 0 saturated heterocycles. The summed E-state index contributed by atoms with van der Waals surface area (Å²) in [6.07, 6.45) is 0.940. The second-order valence-electron chi connectivity index (χ2n) is 9.38. The van der Waals surface area contributed by atoms with Crippen molar-refractivity contribution < 1.29 is 9.47 Å². The molecule has 5 aromatic rings. The maximum atomic E-state index is 6.50. The van der Waals surface area contributed by atoms with Gasteiger partial charge >= 0.3 is 0 Å². The van der Waals surface area contributed by atoms with Crippen molar-refractivity contribution in [3.8, 4) is 11.5 Å². The Bertz CT molecular complexity index is 1520. The Morgan fingerprint density at radius 1 is 0.778 bits per heavy atom. The first-order valence-corrected chi connectivity index (χ1v) is 12.7. The van der Waals surface area contributed by atoms with Gasteiger partial charge in [0.05, 0.1) is 20.3 Å². The highest BCUT2D eigenvalue weighted by Gasteiger charge is 2.31. The molecule has 36 heavy (non-hydrogen) atoms. The second-order valence-corrected chi connectivity index (χ2v) is 9.82. The number of hydrogen-bond donors (Lipinski definition) is 0. The number of nitrogens with zero attached hydrogens (tertiary/aromatic N) is 1. The summed E-state index contributed by atoms with van der Waals surface area (Å²) in [5.41, 5.74) is 5.07. The second kappa shape index (κ2) is 9.50. The summed E-state index contributed by atoms with van der Waals surface area (Å²) in [5.74, 6) is 1.52. The van der Waals surface area contributed by atoms with Crippen molar-refractivity contribution >= 4 is 33.1 Å². The summed E-state index contributed by atoms with van der Waals surface area (Å²) in [6.45, 7) is 1.75. The maximum Gasteiger partial charge on any atom is 0.161 e. The number of fused-ring (bicyclic) bond motifs is 3. The first kappa shape index (κ1) is 22.9. The molecule has 1 aliphatic rings. The molecule has 180 valence electrons. The first-order valence-electron chi connectivity index (χ1n) is 12.3. The summed E-state index contributed by atoms with van der Waals surface area (Å²) in [7, 11) is 3.39. The molecular weight excluding hydrogens is 466 g/mol. The summed E-state index contributed by atoms with van der Waals surface area (Å²) in [4.78, 5) is 2.58. The van der Waals surface area contributed by atoms with Crippen LogP contribution in [0.1, 0.15) is 28.3 Å². The lowest BCUT2D eigenvalue weighted by Crippen LogP contribution is -2.36. The molecule has 3 nitrogen and oxygen atoms in total. The minimum Gasteiger partial charge on any atom is -0.493 e. The third-order valence-electron chi connectivity index (χ3n) is 7.38. The number of rotatable bonds is 5. The standard InChI is InChI=1S/C32H28ClNO2/c1-35-30-18-23-14-15-34(32(28(23)19-31(30)36-2)24-10-7-11-25(33)17-24)20-29-26-12-5-3-8-21(26)16-22-9-4-6-13-27(22)29/h3-13,16-19,32H,14-15,20H2,1-2H3. The largest absolute Gasteiger partial charge is 0.493 e. The highest BCUT2D eigenvalue weighted by molar-refractivity contribution is 6.30. The monoisotopic (exact) mass is 493 g/mol. The highest BCUT2D eigenvalue weighted by atomic mass is 35.5. The van der Waals surface area contributed by atoms with Crippen LogP contribution >= 0.6 is 11.6 Å². The van der Waals surface area contributed by atoms with Gasteiger partial charge in [-0.3, -0.25) is 4.90 Å². The van der Waals surface area contributed by atoms with E-state index >= 15 is 0 Å². The molecule has 1 unspecified atom stereocenters. The molecule has 0 amide bonds. The van der Waals surface area contributed by atoms with Gasteiger partial charge in [-0.25, -0.2) is 0 Å². The molecule has 0 fully saturated rings. The van der Waals surface area contributed by atoms with E-state index < -0.39 is 0 Å². The van der Waals surface area contributed by atoms with E-state index in [1.807, 2.05) is 12.1 Å². The Hall–Kier alpha value is -3.53. The van der Waals surface area contributed by atoms with Crippen molar-refractivity contribution in [3.05, 3.63) is 118 Å². The molecule has 1 atom stereocenters. The smallest absolute Gasteiger partial charge is 0.161 e. The molecule has 0 saturated carbocycles. The van der Waals surface area contributed by atoms with Crippen LogP contribution in [0, 0.1) is 0 Å².